The predicted octanol–water partition coefficient (Wildman–Crippen LogP) is 2.20. The molecule has 1 aliphatic heterocycles. The Hall–Kier alpha value is -1.71. The van der Waals surface area contributed by atoms with Crippen molar-refractivity contribution in [1.29, 1.82) is 0 Å². The maximum Gasteiger partial charge on any atom is 0.337 e. The van der Waals surface area contributed by atoms with Crippen LogP contribution in [0.15, 0.2) is 18.2 Å². The van der Waals surface area contributed by atoms with Gasteiger partial charge in [-0.05, 0) is 42.9 Å². The molecule has 1 aliphatic carbocycles. The van der Waals surface area contributed by atoms with Crippen LogP contribution >= 0.6 is 0 Å². The van der Waals surface area contributed by atoms with Gasteiger partial charge in [-0.2, -0.15) is 0 Å². The van der Waals surface area contributed by atoms with Crippen LogP contribution in [0.2, 0.25) is 0 Å². The summed E-state index contributed by atoms with van der Waals surface area (Å²) in [4.78, 5) is 13.3. The van der Waals surface area contributed by atoms with Crippen LogP contribution in [0.1, 0.15) is 29.6 Å². The number of rotatable bonds is 2. The fraction of sp³-hybridized carbons (Fsp3) is 0.500. The number of hydrogen-bond donors (Lipinski definition) is 2. The quantitative estimate of drug-likeness (QED) is 0.785. The SMILES string of the molecule is Nc1cc(N2CC3CCCC3C2)ccc1C(=O)O. The van der Waals surface area contributed by atoms with E-state index in [0.29, 0.717) is 5.69 Å². The maximum atomic E-state index is 10.9. The van der Waals surface area contributed by atoms with E-state index in [1.54, 1.807) is 12.1 Å². The number of carboxylic acids is 1. The number of fused-ring (bicyclic) bond motifs is 1. The smallest absolute Gasteiger partial charge is 0.337 e. The minimum Gasteiger partial charge on any atom is -0.478 e. The summed E-state index contributed by atoms with van der Waals surface area (Å²) >= 11 is 0. The molecular formula is C14H18N2O2. The van der Waals surface area contributed by atoms with Crippen molar-refractivity contribution in [2.24, 2.45) is 11.8 Å². The number of nitrogen functional groups attached to an aromatic ring is 1. The van der Waals surface area contributed by atoms with Crippen molar-refractivity contribution in [2.75, 3.05) is 23.7 Å². The van der Waals surface area contributed by atoms with Crippen molar-refractivity contribution in [2.45, 2.75) is 19.3 Å². The van der Waals surface area contributed by atoms with Crippen LogP contribution < -0.4 is 10.6 Å². The third-order valence-electron chi connectivity index (χ3n) is 4.36. The molecule has 0 bridgehead atoms. The number of aromatic carboxylic acids is 1. The molecule has 18 heavy (non-hydrogen) atoms. The molecule has 4 heteroatoms. The maximum absolute atomic E-state index is 10.9. The molecule has 2 fully saturated rings. The van der Waals surface area contributed by atoms with E-state index in [0.717, 1.165) is 30.6 Å². The summed E-state index contributed by atoms with van der Waals surface area (Å²) in [6.07, 6.45) is 4.04. The number of nitrogens with zero attached hydrogens (tertiary/aromatic N) is 1. The lowest BCUT2D eigenvalue weighted by molar-refractivity contribution is 0.0698. The Morgan fingerprint density at radius 3 is 2.50 bits per heavy atom. The lowest BCUT2D eigenvalue weighted by atomic mass is 10.0. The molecule has 0 radical (unpaired) electrons. The zero-order valence-corrected chi connectivity index (χ0v) is 10.3. The molecule has 2 aliphatic rings. The van der Waals surface area contributed by atoms with Gasteiger partial charge in [0.1, 0.15) is 0 Å². The van der Waals surface area contributed by atoms with Crippen LogP contribution in [0.25, 0.3) is 0 Å². The van der Waals surface area contributed by atoms with Gasteiger partial charge in [0.25, 0.3) is 0 Å². The van der Waals surface area contributed by atoms with Gasteiger partial charge < -0.3 is 15.7 Å². The molecule has 0 aromatic heterocycles. The third kappa shape index (κ3) is 1.82. The van der Waals surface area contributed by atoms with E-state index in [4.69, 9.17) is 10.8 Å². The summed E-state index contributed by atoms with van der Waals surface area (Å²) < 4.78 is 0. The molecule has 4 nitrogen and oxygen atoms in total. The van der Waals surface area contributed by atoms with Crippen molar-refractivity contribution >= 4 is 17.3 Å². The van der Waals surface area contributed by atoms with Crippen molar-refractivity contribution in [1.82, 2.24) is 0 Å². The first kappa shape index (κ1) is 11.4. The van der Waals surface area contributed by atoms with E-state index in [2.05, 4.69) is 4.90 Å². The van der Waals surface area contributed by atoms with Gasteiger partial charge in [0, 0.05) is 24.5 Å². The summed E-state index contributed by atoms with van der Waals surface area (Å²) in [5.74, 6) is 0.688. The number of carbonyl (C=O) groups is 1. The first-order valence-electron chi connectivity index (χ1n) is 6.53. The fourth-order valence-electron chi connectivity index (χ4n) is 3.39. The Kier molecular flexibility index (Phi) is 2.65. The van der Waals surface area contributed by atoms with Gasteiger partial charge in [-0.1, -0.05) is 6.42 Å². The van der Waals surface area contributed by atoms with Crippen molar-refractivity contribution in [3.63, 3.8) is 0 Å². The topological polar surface area (TPSA) is 66.6 Å². The highest BCUT2D eigenvalue weighted by atomic mass is 16.4. The Balaban J connectivity index is 1.81. The lowest BCUT2D eigenvalue weighted by Gasteiger charge is -2.20. The van der Waals surface area contributed by atoms with E-state index in [1.165, 1.54) is 19.3 Å². The van der Waals surface area contributed by atoms with Gasteiger partial charge in [0.15, 0.2) is 0 Å². The fourth-order valence-corrected chi connectivity index (χ4v) is 3.39. The molecule has 2 unspecified atom stereocenters. The zero-order valence-electron chi connectivity index (χ0n) is 10.3. The standard InChI is InChI=1S/C14H18N2O2/c15-13-6-11(4-5-12(13)14(17)18)16-7-9-2-1-3-10(9)8-16/h4-6,9-10H,1-3,7-8,15H2,(H,17,18). The Labute approximate surface area is 106 Å². The Morgan fingerprint density at radius 2 is 1.94 bits per heavy atom. The molecular weight excluding hydrogens is 228 g/mol. The van der Waals surface area contributed by atoms with Crippen LogP contribution in [0.5, 0.6) is 0 Å². The average Bonchev–Trinajstić information content (AvgIpc) is 2.87. The first-order chi connectivity index (χ1) is 8.65. The first-order valence-corrected chi connectivity index (χ1v) is 6.53. The van der Waals surface area contributed by atoms with E-state index < -0.39 is 5.97 Å². The normalized spacial score (nSPS) is 26.3. The van der Waals surface area contributed by atoms with Crippen molar-refractivity contribution in [3.8, 4) is 0 Å². The highest BCUT2D eigenvalue weighted by Crippen LogP contribution is 2.39. The second kappa shape index (κ2) is 4.19. The van der Waals surface area contributed by atoms with Crippen LogP contribution in [-0.2, 0) is 0 Å². The van der Waals surface area contributed by atoms with Crippen LogP contribution in [0, 0.1) is 11.8 Å². The van der Waals surface area contributed by atoms with Gasteiger partial charge in [-0.15, -0.1) is 0 Å². The number of nitrogens with two attached hydrogens (primary N) is 1. The van der Waals surface area contributed by atoms with E-state index >= 15 is 0 Å². The van der Waals surface area contributed by atoms with Gasteiger partial charge in [0.2, 0.25) is 0 Å². The largest absolute Gasteiger partial charge is 0.478 e. The summed E-state index contributed by atoms with van der Waals surface area (Å²) in [5, 5.41) is 8.96. The molecule has 1 aromatic rings. The Bertz CT molecular complexity index is 475. The van der Waals surface area contributed by atoms with Gasteiger partial charge in [-0.25, -0.2) is 4.79 Å². The molecule has 2 atom stereocenters. The second-order valence-electron chi connectivity index (χ2n) is 5.43. The molecule has 0 amide bonds. The predicted molar refractivity (Wildman–Crippen MR) is 70.9 cm³/mol. The monoisotopic (exact) mass is 246 g/mol. The summed E-state index contributed by atoms with van der Waals surface area (Å²) in [6.45, 7) is 2.19. The Morgan fingerprint density at radius 1 is 1.28 bits per heavy atom. The molecule has 1 heterocycles. The highest BCUT2D eigenvalue weighted by Gasteiger charge is 2.36. The molecule has 1 saturated carbocycles. The molecule has 1 aromatic carbocycles. The van der Waals surface area contributed by atoms with Gasteiger partial charge >= 0.3 is 5.97 Å². The van der Waals surface area contributed by atoms with E-state index in [9.17, 15) is 4.79 Å². The highest BCUT2D eigenvalue weighted by molar-refractivity contribution is 5.94. The van der Waals surface area contributed by atoms with Gasteiger partial charge in [-0.3, -0.25) is 0 Å². The number of hydrogen-bond acceptors (Lipinski definition) is 3. The lowest BCUT2D eigenvalue weighted by Crippen LogP contribution is -2.21. The molecule has 0 spiro atoms. The number of carboxylic acid groups (broad SMARTS) is 1. The zero-order chi connectivity index (χ0) is 12.7. The van der Waals surface area contributed by atoms with E-state index in [1.807, 2.05) is 6.07 Å². The molecule has 3 rings (SSSR count). The van der Waals surface area contributed by atoms with Crippen LogP contribution in [-0.4, -0.2) is 24.2 Å². The minimum absolute atomic E-state index is 0.193. The molecule has 96 valence electrons. The average molecular weight is 246 g/mol. The van der Waals surface area contributed by atoms with Crippen LogP contribution in [0.3, 0.4) is 0 Å². The third-order valence-corrected chi connectivity index (χ3v) is 4.36. The molecule has 1 saturated heterocycles. The van der Waals surface area contributed by atoms with Gasteiger partial charge in [0.05, 0.1) is 5.56 Å². The minimum atomic E-state index is -0.961. The number of benzene rings is 1. The number of anilines is 2. The second-order valence-corrected chi connectivity index (χ2v) is 5.43. The summed E-state index contributed by atoms with van der Waals surface area (Å²) in [6, 6.07) is 5.28. The molecule has 3 N–H and O–H groups in total. The van der Waals surface area contributed by atoms with E-state index in [-0.39, 0.29) is 5.56 Å². The van der Waals surface area contributed by atoms with Crippen molar-refractivity contribution < 1.29 is 9.90 Å². The summed E-state index contributed by atoms with van der Waals surface area (Å²) in [7, 11) is 0. The van der Waals surface area contributed by atoms with Crippen LogP contribution in [0.4, 0.5) is 11.4 Å². The van der Waals surface area contributed by atoms with Crippen molar-refractivity contribution in [3.05, 3.63) is 23.8 Å². The summed E-state index contributed by atoms with van der Waals surface area (Å²) in [5.41, 5.74) is 7.41.